The van der Waals surface area contributed by atoms with Crippen LogP contribution in [0.1, 0.15) is 44.2 Å². The number of nitrogens with zero attached hydrogens (tertiary/aromatic N) is 1. The van der Waals surface area contributed by atoms with Crippen LogP contribution >= 0.6 is 0 Å². The third kappa shape index (κ3) is 2.04. The van der Waals surface area contributed by atoms with E-state index in [1.165, 1.54) is 4.90 Å². The molecule has 1 aromatic carbocycles. The van der Waals surface area contributed by atoms with Crippen molar-refractivity contribution < 1.29 is 9.59 Å². The van der Waals surface area contributed by atoms with Gasteiger partial charge in [0.15, 0.2) is 0 Å². The van der Waals surface area contributed by atoms with Crippen LogP contribution in [-0.4, -0.2) is 11.8 Å². The molecule has 1 saturated carbocycles. The molecule has 20 heavy (non-hydrogen) atoms. The van der Waals surface area contributed by atoms with Gasteiger partial charge in [-0.3, -0.25) is 14.5 Å². The van der Waals surface area contributed by atoms with Crippen LogP contribution in [0.25, 0.3) is 0 Å². The zero-order chi connectivity index (χ0) is 14.3. The highest BCUT2D eigenvalue weighted by Crippen LogP contribution is 2.40. The van der Waals surface area contributed by atoms with Crippen molar-refractivity contribution in [3.05, 3.63) is 29.8 Å². The van der Waals surface area contributed by atoms with Gasteiger partial charge in [-0.2, -0.15) is 0 Å². The van der Waals surface area contributed by atoms with Crippen molar-refractivity contribution in [3.8, 4) is 0 Å². The first-order valence-corrected chi connectivity index (χ1v) is 7.33. The minimum atomic E-state index is -0.0932. The Morgan fingerprint density at radius 2 is 1.55 bits per heavy atom. The summed E-state index contributed by atoms with van der Waals surface area (Å²) in [5, 5.41) is 0. The molecule has 1 saturated heterocycles. The van der Waals surface area contributed by atoms with Crippen molar-refractivity contribution >= 4 is 17.5 Å². The van der Waals surface area contributed by atoms with Crippen molar-refractivity contribution in [1.29, 1.82) is 0 Å². The minimum absolute atomic E-state index is 0.0201. The lowest BCUT2D eigenvalue weighted by Gasteiger charge is -2.19. The second kappa shape index (κ2) is 5.02. The summed E-state index contributed by atoms with van der Waals surface area (Å²) in [7, 11) is 0. The van der Waals surface area contributed by atoms with Gasteiger partial charge in [0, 0.05) is 6.04 Å². The topological polar surface area (TPSA) is 63.4 Å². The molecule has 0 bridgehead atoms. The third-order valence-corrected chi connectivity index (χ3v) is 4.52. The van der Waals surface area contributed by atoms with E-state index in [1.54, 1.807) is 0 Å². The fourth-order valence-corrected chi connectivity index (χ4v) is 3.34. The molecular formula is C16H20N2O2. The number of amides is 2. The summed E-state index contributed by atoms with van der Waals surface area (Å²) in [6.07, 6.45) is 3.81. The molecule has 1 aliphatic heterocycles. The van der Waals surface area contributed by atoms with Crippen molar-refractivity contribution in [2.45, 2.75) is 38.6 Å². The van der Waals surface area contributed by atoms with Crippen molar-refractivity contribution in [2.75, 3.05) is 4.90 Å². The van der Waals surface area contributed by atoms with Gasteiger partial charge < -0.3 is 5.73 Å². The number of imide groups is 1. The number of rotatable bonds is 2. The number of anilines is 1. The van der Waals surface area contributed by atoms with Crippen molar-refractivity contribution in [3.63, 3.8) is 0 Å². The predicted octanol–water partition coefficient (Wildman–Crippen LogP) is 2.39. The molecule has 4 nitrogen and oxygen atoms in total. The number of carbonyl (C=O) groups is 2. The molecular weight excluding hydrogens is 252 g/mol. The van der Waals surface area contributed by atoms with Gasteiger partial charge in [-0.15, -0.1) is 0 Å². The molecule has 2 amide bonds. The van der Waals surface area contributed by atoms with Crippen LogP contribution in [0.4, 0.5) is 5.69 Å². The van der Waals surface area contributed by atoms with Crippen LogP contribution in [0.3, 0.4) is 0 Å². The Morgan fingerprint density at radius 1 is 1.05 bits per heavy atom. The van der Waals surface area contributed by atoms with Gasteiger partial charge >= 0.3 is 0 Å². The summed E-state index contributed by atoms with van der Waals surface area (Å²) in [6.45, 7) is 1.91. The summed E-state index contributed by atoms with van der Waals surface area (Å²) < 4.78 is 0. The quantitative estimate of drug-likeness (QED) is 0.841. The van der Waals surface area contributed by atoms with Crippen molar-refractivity contribution in [1.82, 2.24) is 0 Å². The molecule has 106 valence electrons. The Balaban J connectivity index is 1.89. The number of carbonyl (C=O) groups excluding carboxylic acids is 2. The Hall–Kier alpha value is -1.68. The van der Waals surface area contributed by atoms with E-state index in [4.69, 9.17) is 5.73 Å². The zero-order valence-corrected chi connectivity index (χ0v) is 11.7. The van der Waals surface area contributed by atoms with Crippen molar-refractivity contribution in [2.24, 2.45) is 17.6 Å². The van der Waals surface area contributed by atoms with Crippen LogP contribution in [0.5, 0.6) is 0 Å². The predicted molar refractivity (Wildman–Crippen MR) is 77.0 cm³/mol. The van der Waals surface area contributed by atoms with Crippen LogP contribution < -0.4 is 10.6 Å². The molecule has 0 radical (unpaired) electrons. The fraction of sp³-hybridized carbons (Fsp3) is 0.500. The van der Waals surface area contributed by atoms with E-state index in [0.717, 1.165) is 31.2 Å². The Labute approximate surface area is 118 Å². The molecule has 4 heteroatoms. The number of hydrogen-bond acceptors (Lipinski definition) is 3. The molecule has 3 rings (SSSR count). The van der Waals surface area contributed by atoms with Gasteiger partial charge in [0.1, 0.15) is 0 Å². The number of fused-ring (bicyclic) bond motifs is 1. The molecule has 2 aliphatic rings. The number of hydrogen-bond donors (Lipinski definition) is 1. The summed E-state index contributed by atoms with van der Waals surface area (Å²) in [5.41, 5.74) is 7.50. The lowest BCUT2D eigenvalue weighted by atomic mass is 9.81. The monoisotopic (exact) mass is 272 g/mol. The largest absolute Gasteiger partial charge is 0.324 e. The standard InChI is InChI=1S/C16H20N2O2/c1-10(17)11-6-8-12(9-7-11)18-15(19)13-4-2-3-5-14(13)16(18)20/h6-10,13-14H,2-5,17H2,1H3. The summed E-state index contributed by atoms with van der Waals surface area (Å²) in [4.78, 5) is 26.3. The van der Waals surface area contributed by atoms with Crippen LogP contribution in [0.15, 0.2) is 24.3 Å². The first-order valence-electron chi connectivity index (χ1n) is 7.33. The minimum Gasteiger partial charge on any atom is -0.324 e. The molecule has 2 N–H and O–H groups in total. The normalized spacial score (nSPS) is 27.6. The molecule has 0 aromatic heterocycles. The highest BCUT2D eigenvalue weighted by Gasteiger charge is 2.48. The van der Waals surface area contributed by atoms with E-state index in [1.807, 2.05) is 31.2 Å². The summed E-state index contributed by atoms with van der Waals surface area (Å²) >= 11 is 0. The Bertz CT molecular complexity index is 512. The van der Waals surface area contributed by atoms with E-state index in [2.05, 4.69) is 0 Å². The second-order valence-electron chi connectivity index (χ2n) is 5.89. The maximum atomic E-state index is 12.4. The van der Waals surface area contributed by atoms with E-state index in [0.29, 0.717) is 5.69 Å². The first-order chi connectivity index (χ1) is 9.59. The number of benzene rings is 1. The van der Waals surface area contributed by atoms with E-state index in [9.17, 15) is 9.59 Å². The molecule has 0 spiro atoms. The zero-order valence-electron chi connectivity index (χ0n) is 11.7. The lowest BCUT2D eigenvalue weighted by molar-refractivity contribution is -0.122. The first kappa shape index (κ1) is 13.3. The SMILES string of the molecule is CC(N)c1ccc(N2C(=O)C3CCCCC3C2=O)cc1. The van der Waals surface area contributed by atoms with Crippen LogP contribution in [0.2, 0.25) is 0 Å². The van der Waals surface area contributed by atoms with E-state index < -0.39 is 0 Å². The average molecular weight is 272 g/mol. The molecule has 1 aliphatic carbocycles. The van der Waals surface area contributed by atoms with E-state index in [-0.39, 0.29) is 29.7 Å². The van der Waals surface area contributed by atoms with E-state index >= 15 is 0 Å². The highest BCUT2D eigenvalue weighted by molar-refractivity contribution is 6.22. The summed E-state index contributed by atoms with van der Waals surface area (Å²) in [6, 6.07) is 7.39. The average Bonchev–Trinajstić information content (AvgIpc) is 2.72. The van der Waals surface area contributed by atoms with Gasteiger partial charge in [0.2, 0.25) is 11.8 Å². The van der Waals surface area contributed by atoms with Gasteiger partial charge in [-0.05, 0) is 37.5 Å². The molecule has 1 heterocycles. The smallest absolute Gasteiger partial charge is 0.237 e. The maximum Gasteiger partial charge on any atom is 0.237 e. The van der Waals surface area contributed by atoms with Gasteiger partial charge in [-0.1, -0.05) is 25.0 Å². The fourth-order valence-electron chi connectivity index (χ4n) is 3.34. The van der Waals surface area contributed by atoms with Crippen LogP contribution in [0, 0.1) is 11.8 Å². The number of nitrogens with two attached hydrogens (primary N) is 1. The Morgan fingerprint density at radius 3 is 2.00 bits per heavy atom. The van der Waals surface area contributed by atoms with Gasteiger partial charge in [0.05, 0.1) is 17.5 Å². The lowest BCUT2D eigenvalue weighted by Crippen LogP contribution is -2.30. The van der Waals surface area contributed by atoms with Crippen LogP contribution in [-0.2, 0) is 9.59 Å². The summed E-state index contributed by atoms with van der Waals surface area (Å²) in [5.74, 6) is -0.227. The van der Waals surface area contributed by atoms with Gasteiger partial charge in [-0.25, -0.2) is 0 Å². The maximum absolute atomic E-state index is 12.4. The molecule has 3 atom stereocenters. The molecule has 3 unspecified atom stereocenters. The highest BCUT2D eigenvalue weighted by atomic mass is 16.2. The molecule has 1 aromatic rings. The Kier molecular flexibility index (Phi) is 3.34. The van der Waals surface area contributed by atoms with Gasteiger partial charge in [0.25, 0.3) is 0 Å². The third-order valence-electron chi connectivity index (χ3n) is 4.52. The molecule has 2 fully saturated rings. The second-order valence-corrected chi connectivity index (χ2v) is 5.89.